The van der Waals surface area contributed by atoms with Gasteiger partial charge in [-0.25, -0.2) is 9.13 Å². The van der Waals surface area contributed by atoms with Gasteiger partial charge in [0.2, 0.25) is 0 Å². The molecule has 0 amide bonds. The van der Waals surface area contributed by atoms with E-state index in [0.717, 1.165) is 120 Å². The number of hydrogen-bond acceptors (Lipinski definition) is 15. The third-order valence-corrected chi connectivity index (χ3v) is 20.2. The molecule has 0 aromatic rings. The van der Waals surface area contributed by atoms with Crippen molar-refractivity contribution < 1.29 is 80.2 Å². The fourth-order valence-electron chi connectivity index (χ4n) is 11.5. The summed E-state index contributed by atoms with van der Waals surface area (Å²) >= 11 is 0. The molecule has 3 N–H and O–H groups in total. The quantitative estimate of drug-likeness (QED) is 0.0222. The monoisotopic (exact) mass is 1400 g/mol. The van der Waals surface area contributed by atoms with Crippen LogP contribution in [0, 0.1) is 23.7 Å². The summed E-state index contributed by atoms with van der Waals surface area (Å²) in [7, 11) is -9.91. The van der Waals surface area contributed by atoms with E-state index in [2.05, 4.69) is 55.4 Å². The lowest BCUT2D eigenvalue weighted by molar-refractivity contribution is -0.161. The van der Waals surface area contributed by atoms with Crippen LogP contribution in [-0.2, 0) is 65.4 Å². The molecule has 4 unspecified atom stereocenters. The molecule has 0 spiro atoms. The Kier molecular flexibility index (Phi) is 64.0. The first-order chi connectivity index (χ1) is 45.7. The van der Waals surface area contributed by atoms with E-state index in [1.54, 1.807) is 0 Å². The van der Waals surface area contributed by atoms with Gasteiger partial charge in [0.25, 0.3) is 0 Å². The number of carbonyl (C=O) groups is 4. The van der Waals surface area contributed by atoms with Gasteiger partial charge in [-0.1, -0.05) is 331 Å². The maximum absolute atomic E-state index is 13.1. The maximum Gasteiger partial charge on any atom is 0.472 e. The molecule has 7 atom stereocenters. The lowest BCUT2D eigenvalue weighted by Crippen LogP contribution is -2.30. The number of carbonyl (C=O) groups excluding carboxylic acids is 4. The number of aliphatic hydroxyl groups excluding tert-OH is 1. The number of aliphatic hydroxyl groups is 1. The van der Waals surface area contributed by atoms with Crippen LogP contribution in [0.2, 0.25) is 0 Å². The molecule has 564 valence electrons. The van der Waals surface area contributed by atoms with E-state index in [9.17, 15) is 43.2 Å². The number of hydrogen-bond donors (Lipinski definition) is 3. The SMILES string of the molecule is CCC(C)CCCCCCCCCCC(=O)OC[C@H](COP(=O)(O)OC[C@@H](O)COP(=O)(O)OC[C@@H](COC(=O)CCCCCCCCC(C)CC)OC(=O)CCCCCCCCCCCCCCCCCC(C)C)OC(=O)CCCCCCCCCCCCCCC(C)C. The average molecular weight is 1400 g/mol. The van der Waals surface area contributed by atoms with Crippen molar-refractivity contribution in [1.82, 2.24) is 0 Å². The first-order valence-corrected chi connectivity index (χ1v) is 42.3. The normalized spacial score (nSPS) is 14.7. The van der Waals surface area contributed by atoms with Crippen LogP contribution in [0.3, 0.4) is 0 Å². The lowest BCUT2D eigenvalue weighted by atomic mass is 9.99. The average Bonchev–Trinajstić information content (AvgIpc) is 1.34. The number of rotatable bonds is 73. The second-order valence-electron chi connectivity index (χ2n) is 28.8. The molecule has 95 heavy (non-hydrogen) atoms. The van der Waals surface area contributed by atoms with E-state index in [1.807, 2.05) is 0 Å². The summed E-state index contributed by atoms with van der Waals surface area (Å²) in [5, 5.41) is 10.6. The van der Waals surface area contributed by atoms with Crippen LogP contribution in [0.15, 0.2) is 0 Å². The van der Waals surface area contributed by atoms with Gasteiger partial charge in [-0.05, 0) is 49.4 Å². The zero-order chi connectivity index (χ0) is 70.3. The van der Waals surface area contributed by atoms with Crippen molar-refractivity contribution in [2.75, 3.05) is 39.6 Å². The van der Waals surface area contributed by atoms with Gasteiger partial charge in [0.15, 0.2) is 12.2 Å². The largest absolute Gasteiger partial charge is 0.472 e. The summed E-state index contributed by atoms with van der Waals surface area (Å²) in [5.41, 5.74) is 0. The zero-order valence-electron chi connectivity index (χ0n) is 62.3. The van der Waals surface area contributed by atoms with Crippen molar-refractivity contribution in [3.05, 3.63) is 0 Å². The van der Waals surface area contributed by atoms with Crippen LogP contribution in [0.1, 0.15) is 383 Å². The Morgan fingerprint density at radius 3 is 0.747 bits per heavy atom. The highest BCUT2D eigenvalue weighted by Gasteiger charge is 2.30. The Bertz CT molecular complexity index is 1870. The van der Waals surface area contributed by atoms with Crippen LogP contribution in [-0.4, -0.2) is 96.7 Å². The molecule has 0 radical (unpaired) electrons. The second-order valence-corrected chi connectivity index (χ2v) is 31.7. The topological polar surface area (TPSA) is 237 Å². The first kappa shape index (κ1) is 93.1. The highest BCUT2D eigenvalue weighted by Crippen LogP contribution is 2.45. The van der Waals surface area contributed by atoms with Crippen LogP contribution in [0.4, 0.5) is 0 Å². The molecule has 0 saturated carbocycles. The van der Waals surface area contributed by atoms with Gasteiger partial charge in [-0.3, -0.25) is 37.3 Å². The highest BCUT2D eigenvalue weighted by molar-refractivity contribution is 7.47. The summed E-state index contributed by atoms with van der Waals surface area (Å²) in [5.74, 6) is 0.966. The van der Waals surface area contributed by atoms with Gasteiger partial charge in [-0.15, -0.1) is 0 Å². The van der Waals surface area contributed by atoms with E-state index in [0.29, 0.717) is 25.7 Å². The number of esters is 4. The van der Waals surface area contributed by atoms with E-state index in [4.69, 9.17) is 37.0 Å². The molecule has 0 aliphatic heterocycles. The van der Waals surface area contributed by atoms with E-state index in [-0.39, 0.29) is 25.7 Å². The number of unbranched alkanes of at least 4 members (excludes halogenated alkanes) is 37. The van der Waals surface area contributed by atoms with Crippen molar-refractivity contribution in [3.8, 4) is 0 Å². The zero-order valence-corrected chi connectivity index (χ0v) is 64.1. The minimum Gasteiger partial charge on any atom is -0.462 e. The number of phosphoric acid groups is 2. The Hall–Kier alpha value is -1.94. The Morgan fingerprint density at radius 2 is 0.505 bits per heavy atom. The minimum atomic E-state index is -4.96. The van der Waals surface area contributed by atoms with Crippen molar-refractivity contribution in [2.24, 2.45) is 23.7 Å². The minimum absolute atomic E-state index is 0.106. The van der Waals surface area contributed by atoms with Gasteiger partial charge >= 0.3 is 39.5 Å². The summed E-state index contributed by atoms with van der Waals surface area (Å²) in [6, 6.07) is 0. The lowest BCUT2D eigenvalue weighted by Gasteiger charge is -2.21. The van der Waals surface area contributed by atoms with E-state index < -0.39 is 97.5 Å². The predicted octanol–water partition coefficient (Wildman–Crippen LogP) is 22.0. The molecule has 0 aliphatic carbocycles. The Balaban J connectivity index is 5.24. The van der Waals surface area contributed by atoms with Crippen LogP contribution in [0.25, 0.3) is 0 Å². The summed E-state index contributed by atoms with van der Waals surface area (Å²) in [6.45, 7) is 14.2. The van der Waals surface area contributed by atoms with Crippen molar-refractivity contribution >= 4 is 39.5 Å². The molecule has 0 heterocycles. The smallest absolute Gasteiger partial charge is 0.462 e. The highest BCUT2D eigenvalue weighted by atomic mass is 31.2. The first-order valence-electron chi connectivity index (χ1n) is 39.3. The summed E-state index contributed by atoms with van der Waals surface area (Å²) < 4.78 is 68.5. The Morgan fingerprint density at radius 1 is 0.295 bits per heavy atom. The van der Waals surface area contributed by atoms with Crippen molar-refractivity contribution in [2.45, 2.75) is 401 Å². The van der Waals surface area contributed by atoms with Gasteiger partial charge in [0.05, 0.1) is 26.4 Å². The van der Waals surface area contributed by atoms with Crippen LogP contribution >= 0.6 is 15.6 Å². The molecule has 0 aliphatic rings. The van der Waals surface area contributed by atoms with Gasteiger partial charge < -0.3 is 33.8 Å². The second kappa shape index (κ2) is 65.4. The van der Waals surface area contributed by atoms with Crippen molar-refractivity contribution in [3.63, 3.8) is 0 Å². The summed E-state index contributed by atoms with van der Waals surface area (Å²) in [6.07, 6.45) is 49.9. The molecule has 0 bridgehead atoms. The molecular weight excluding hydrogens is 1250 g/mol. The molecule has 0 fully saturated rings. The molecule has 0 saturated heterocycles. The fraction of sp³-hybridized carbons (Fsp3) is 0.947. The van der Waals surface area contributed by atoms with E-state index in [1.165, 1.54) is 180 Å². The van der Waals surface area contributed by atoms with Gasteiger partial charge in [0, 0.05) is 25.7 Å². The molecule has 0 rings (SSSR count). The maximum atomic E-state index is 13.1. The molecule has 17 nitrogen and oxygen atoms in total. The van der Waals surface area contributed by atoms with Gasteiger partial charge in [0.1, 0.15) is 19.3 Å². The predicted molar refractivity (Wildman–Crippen MR) is 386 cm³/mol. The number of ether oxygens (including phenoxy) is 4. The number of phosphoric ester groups is 2. The molecule has 0 aromatic heterocycles. The standard InChI is InChI=1S/C76H148O17P2/c1-9-68(7)54-46-38-30-26-27-31-40-48-56-73(78)86-62-71(92-75(80)59-51-43-33-25-21-17-16-19-23-29-37-45-53-67(5)6)64-90-94(82,83)88-60-70(77)61-89-95(84,85)91-65-72(63-87-74(79)57-49-41-35-34-39-47-55-69(8)10-2)93-76(81)58-50-42-32-24-20-15-13-11-12-14-18-22-28-36-44-52-66(3)4/h66-72,77H,9-65H2,1-8H3,(H,82,83)(H,84,85)/t68?,69?,70-,71-,72-/m1/s1. The van der Waals surface area contributed by atoms with Crippen LogP contribution in [0.5, 0.6) is 0 Å². The van der Waals surface area contributed by atoms with E-state index >= 15 is 0 Å². The molecule has 19 heteroatoms. The third kappa shape index (κ3) is 67.6. The third-order valence-electron chi connectivity index (χ3n) is 18.3. The Labute approximate surface area is 581 Å². The summed E-state index contributed by atoms with van der Waals surface area (Å²) in [4.78, 5) is 72.8. The molecular formula is C76H148O17P2. The van der Waals surface area contributed by atoms with Crippen LogP contribution < -0.4 is 0 Å². The molecule has 0 aromatic carbocycles. The van der Waals surface area contributed by atoms with Crippen molar-refractivity contribution in [1.29, 1.82) is 0 Å². The van der Waals surface area contributed by atoms with Gasteiger partial charge in [-0.2, -0.15) is 0 Å². The fourth-order valence-corrected chi connectivity index (χ4v) is 13.1.